The Morgan fingerprint density at radius 1 is 0.566 bits per heavy atom. The van der Waals surface area contributed by atoms with Gasteiger partial charge in [-0.15, -0.1) is 0 Å². The highest BCUT2D eigenvalue weighted by Crippen LogP contribution is 2.38. The molecular formula is C44H88NO7P. The van der Waals surface area contributed by atoms with Crippen molar-refractivity contribution in [3.05, 3.63) is 12.2 Å². The van der Waals surface area contributed by atoms with Crippen LogP contribution in [-0.2, 0) is 27.9 Å². The van der Waals surface area contributed by atoms with Gasteiger partial charge in [0, 0.05) is 13.0 Å². The van der Waals surface area contributed by atoms with E-state index < -0.39 is 13.9 Å². The highest BCUT2D eigenvalue weighted by molar-refractivity contribution is 7.45. The summed E-state index contributed by atoms with van der Waals surface area (Å²) in [5.41, 5.74) is 0. The number of hydrogen-bond acceptors (Lipinski definition) is 7. The number of esters is 1. The minimum atomic E-state index is -4.52. The molecule has 0 saturated heterocycles. The van der Waals surface area contributed by atoms with E-state index in [1.807, 2.05) is 21.1 Å². The second-order valence-electron chi connectivity index (χ2n) is 16.4. The van der Waals surface area contributed by atoms with Gasteiger partial charge in [-0.3, -0.25) is 9.36 Å². The molecule has 2 atom stereocenters. The van der Waals surface area contributed by atoms with Crippen molar-refractivity contribution in [2.45, 2.75) is 213 Å². The maximum absolute atomic E-state index is 12.7. The summed E-state index contributed by atoms with van der Waals surface area (Å²) in [4.78, 5) is 25.0. The first-order valence-electron chi connectivity index (χ1n) is 22.4. The van der Waals surface area contributed by atoms with Gasteiger partial charge in [0.15, 0.2) is 0 Å². The summed E-state index contributed by atoms with van der Waals surface area (Å²) in [6, 6.07) is 0. The van der Waals surface area contributed by atoms with Crippen molar-refractivity contribution < 1.29 is 37.3 Å². The second kappa shape index (κ2) is 38.1. The first-order chi connectivity index (χ1) is 25.6. The maximum atomic E-state index is 12.7. The molecule has 0 bridgehead atoms. The van der Waals surface area contributed by atoms with Crippen molar-refractivity contribution in [1.29, 1.82) is 0 Å². The van der Waals surface area contributed by atoms with Crippen LogP contribution in [0.2, 0.25) is 0 Å². The van der Waals surface area contributed by atoms with Crippen molar-refractivity contribution in [2.24, 2.45) is 0 Å². The fourth-order valence-corrected chi connectivity index (χ4v) is 7.03. The van der Waals surface area contributed by atoms with Crippen molar-refractivity contribution in [2.75, 3.05) is 54.1 Å². The number of rotatable bonds is 42. The largest absolute Gasteiger partial charge is 0.756 e. The van der Waals surface area contributed by atoms with Crippen LogP contribution in [0.4, 0.5) is 0 Å². The molecule has 0 aliphatic heterocycles. The topological polar surface area (TPSA) is 94.1 Å². The van der Waals surface area contributed by atoms with E-state index in [1.54, 1.807) is 0 Å². The smallest absolute Gasteiger partial charge is 0.306 e. The third-order valence-electron chi connectivity index (χ3n) is 9.82. The molecule has 0 aromatic rings. The van der Waals surface area contributed by atoms with Gasteiger partial charge in [0.2, 0.25) is 0 Å². The van der Waals surface area contributed by atoms with Gasteiger partial charge in [-0.25, -0.2) is 0 Å². The van der Waals surface area contributed by atoms with E-state index in [0.29, 0.717) is 24.1 Å². The molecule has 0 rings (SSSR count). The van der Waals surface area contributed by atoms with Crippen LogP contribution in [0.5, 0.6) is 0 Å². The highest BCUT2D eigenvalue weighted by atomic mass is 31.2. The number of nitrogens with zero attached hydrogens (tertiary/aromatic N) is 1. The highest BCUT2D eigenvalue weighted by Gasteiger charge is 2.20. The van der Waals surface area contributed by atoms with Gasteiger partial charge in [0.25, 0.3) is 7.82 Å². The van der Waals surface area contributed by atoms with Crippen LogP contribution in [0, 0.1) is 0 Å². The summed E-state index contributed by atoms with van der Waals surface area (Å²) in [5.74, 6) is -0.339. The van der Waals surface area contributed by atoms with Gasteiger partial charge in [-0.2, -0.15) is 0 Å². The summed E-state index contributed by atoms with van der Waals surface area (Å²) >= 11 is 0. The molecule has 9 heteroatoms. The third-order valence-corrected chi connectivity index (χ3v) is 10.8. The number of hydrogen-bond donors (Lipinski definition) is 0. The Morgan fingerprint density at radius 3 is 1.43 bits per heavy atom. The van der Waals surface area contributed by atoms with Crippen molar-refractivity contribution >= 4 is 13.8 Å². The maximum Gasteiger partial charge on any atom is 0.306 e. The molecule has 0 aliphatic rings. The predicted molar refractivity (Wildman–Crippen MR) is 222 cm³/mol. The van der Waals surface area contributed by atoms with Gasteiger partial charge < -0.3 is 27.9 Å². The van der Waals surface area contributed by atoms with Crippen molar-refractivity contribution in [3.8, 4) is 0 Å². The normalized spacial score (nSPS) is 13.8. The zero-order chi connectivity index (χ0) is 39.1. The number of allylic oxidation sites excluding steroid dienone is 2. The fraction of sp³-hybridized carbons (Fsp3) is 0.932. The minimum Gasteiger partial charge on any atom is -0.756 e. The summed E-state index contributed by atoms with van der Waals surface area (Å²) in [6.45, 7) is 5.44. The summed E-state index contributed by atoms with van der Waals surface area (Å²) in [6.07, 6.45) is 40.7. The average Bonchev–Trinajstić information content (AvgIpc) is 3.11. The number of likely N-dealkylation sites (N-methyl/N-ethyl adjacent to an activating group) is 1. The van der Waals surface area contributed by atoms with Crippen molar-refractivity contribution in [3.63, 3.8) is 0 Å². The number of phosphoric acid groups is 1. The minimum absolute atomic E-state index is 0.0277. The Morgan fingerprint density at radius 2 is 0.981 bits per heavy atom. The molecule has 0 aromatic heterocycles. The lowest BCUT2D eigenvalue weighted by atomic mass is 10.0. The van der Waals surface area contributed by atoms with Gasteiger partial charge in [0.1, 0.15) is 19.3 Å². The molecule has 8 nitrogen and oxygen atoms in total. The average molecular weight is 774 g/mol. The molecule has 316 valence electrons. The van der Waals surface area contributed by atoms with Crippen LogP contribution in [0.1, 0.15) is 206 Å². The second-order valence-corrected chi connectivity index (χ2v) is 17.8. The summed E-state index contributed by atoms with van der Waals surface area (Å²) < 4.78 is 34.6. The zero-order valence-electron chi connectivity index (χ0n) is 35.7. The number of unbranched alkanes of at least 4 members (excludes halogenated alkanes) is 26. The molecule has 0 saturated carbocycles. The molecule has 0 amide bonds. The number of carbonyl (C=O) groups excluding carboxylic acids is 1. The first kappa shape index (κ1) is 52.2. The lowest BCUT2D eigenvalue weighted by Crippen LogP contribution is -2.37. The van der Waals surface area contributed by atoms with Crippen LogP contribution >= 0.6 is 7.82 Å². The summed E-state index contributed by atoms with van der Waals surface area (Å²) in [5, 5.41) is 0. The molecular weight excluding hydrogens is 685 g/mol. The number of ether oxygens (including phenoxy) is 2. The quantitative estimate of drug-likeness (QED) is 0.0200. The van der Waals surface area contributed by atoms with E-state index in [2.05, 4.69) is 26.0 Å². The molecule has 0 aromatic carbocycles. The van der Waals surface area contributed by atoms with E-state index in [9.17, 15) is 14.3 Å². The lowest BCUT2D eigenvalue weighted by Gasteiger charge is -2.28. The van der Waals surface area contributed by atoms with E-state index in [4.69, 9.17) is 18.5 Å². The first-order valence-corrected chi connectivity index (χ1v) is 23.9. The summed E-state index contributed by atoms with van der Waals surface area (Å²) in [7, 11) is 1.36. The van der Waals surface area contributed by atoms with E-state index >= 15 is 0 Å². The van der Waals surface area contributed by atoms with E-state index in [-0.39, 0.29) is 25.8 Å². The van der Waals surface area contributed by atoms with Gasteiger partial charge in [0.05, 0.1) is 34.4 Å². The molecule has 0 aliphatic carbocycles. The van der Waals surface area contributed by atoms with Gasteiger partial charge >= 0.3 is 5.97 Å². The third kappa shape index (κ3) is 42.2. The van der Waals surface area contributed by atoms with Crippen molar-refractivity contribution in [1.82, 2.24) is 0 Å². The Balaban J connectivity index is 4.21. The molecule has 0 spiro atoms. The van der Waals surface area contributed by atoms with Crippen LogP contribution in [-0.4, -0.2) is 70.7 Å². The van der Waals surface area contributed by atoms with Crippen LogP contribution in [0.15, 0.2) is 12.2 Å². The van der Waals surface area contributed by atoms with E-state index in [1.165, 1.54) is 141 Å². The molecule has 2 unspecified atom stereocenters. The van der Waals surface area contributed by atoms with E-state index in [0.717, 1.165) is 44.9 Å². The number of quaternary nitrogens is 1. The molecule has 0 radical (unpaired) electrons. The van der Waals surface area contributed by atoms with Gasteiger partial charge in [-0.1, -0.05) is 174 Å². The predicted octanol–water partition coefficient (Wildman–Crippen LogP) is 12.4. The molecule has 0 heterocycles. The standard InChI is InChI=1S/C44H88NO7P/c1-6-8-10-12-14-16-18-20-22-23-25-27-29-31-33-35-37-44(46)52-43(42-51-53(47,48)50-40-38-45(3,4)5)41-49-39-36-34-32-30-28-26-24-21-19-17-15-13-11-9-7-2/h22-23,43H,6-21,24-42H2,1-5H3/b23-22-. The Hall–Kier alpha value is -0.760. The lowest BCUT2D eigenvalue weighted by molar-refractivity contribution is -0.870. The Labute approximate surface area is 329 Å². The Bertz CT molecular complexity index is 863. The molecule has 0 fully saturated rings. The van der Waals surface area contributed by atoms with Crippen LogP contribution in [0.3, 0.4) is 0 Å². The Kier molecular flexibility index (Phi) is 37.6. The number of carbonyl (C=O) groups is 1. The molecule has 0 N–H and O–H groups in total. The fourth-order valence-electron chi connectivity index (χ4n) is 6.31. The monoisotopic (exact) mass is 774 g/mol. The number of phosphoric ester groups is 1. The SMILES string of the molecule is CCCCCCCCC/C=C\CCCCCCCC(=O)OC(COCCCCCCCCCCCCCCCCC)COP(=O)([O-])OCC[N+](C)(C)C. The molecule has 53 heavy (non-hydrogen) atoms. The van der Waals surface area contributed by atoms with Gasteiger partial charge in [-0.05, 0) is 38.5 Å². The zero-order valence-corrected chi connectivity index (χ0v) is 36.6. The van der Waals surface area contributed by atoms with Crippen LogP contribution in [0.25, 0.3) is 0 Å². The van der Waals surface area contributed by atoms with Crippen LogP contribution < -0.4 is 4.89 Å².